The Morgan fingerprint density at radius 1 is 0.788 bits per heavy atom. The summed E-state index contributed by atoms with van der Waals surface area (Å²) in [4.78, 5) is 36.8. The van der Waals surface area contributed by atoms with Crippen molar-refractivity contribution in [2.75, 3.05) is 23.8 Å². The Bertz CT molecular complexity index is 1150. The molecule has 0 aromatic heterocycles. The number of benzene rings is 3. The van der Waals surface area contributed by atoms with E-state index in [-0.39, 0.29) is 17.0 Å². The number of ether oxygens (including phenoxy) is 2. The Labute approximate surface area is 190 Å². The van der Waals surface area contributed by atoms with Gasteiger partial charge in [0.2, 0.25) is 0 Å². The fourth-order valence-corrected chi connectivity index (χ4v) is 3.00. The molecule has 3 rings (SSSR count). The molecule has 0 atom stereocenters. The maximum absolute atomic E-state index is 13.7. The highest BCUT2D eigenvalue weighted by Crippen LogP contribution is 2.20. The zero-order chi connectivity index (χ0) is 23.6. The van der Waals surface area contributed by atoms with Gasteiger partial charge in [0.1, 0.15) is 17.1 Å². The van der Waals surface area contributed by atoms with Gasteiger partial charge in [-0.15, -0.1) is 0 Å². The normalized spacial score (nSPS) is 10.2. The number of carbonyl (C=O) groups excluding carboxylic acids is 3. The summed E-state index contributed by atoms with van der Waals surface area (Å²) in [6, 6.07) is 19.2. The van der Waals surface area contributed by atoms with Gasteiger partial charge in [0.25, 0.3) is 11.8 Å². The zero-order valence-electron chi connectivity index (χ0n) is 18.0. The van der Waals surface area contributed by atoms with Gasteiger partial charge >= 0.3 is 5.97 Å². The van der Waals surface area contributed by atoms with E-state index >= 15 is 0 Å². The summed E-state index contributed by atoms with van der Waals surface area (Å²) in [5.41, 5.74) is 1.70. The molecular formula is C25H23FN2O5. The summed E-state index contributed by atoms with van der Waals surface area (Å²) < 4.78 is 24.2. The molecule has 33 heavy (non-hydrogen) atoms. The number of anilines is 2. The van der Waals surface area contributed by atoms with E-state index in [9.17, 15) is 18.8 Å². The van der Waals surface area contributed by atoms with Crippen molar-refractivity contribution >= 4 is 29.2 Å². The van der Waals surface area contributed by atoms with Crippen LogP contribution in [0, 0.1) is 5.82 Å². The molecule has 0 fully saturated rings. The lowest BCUT2D eigenvalue weighted by Crippen LogP contribution is -2.23. The molecule has 2 N–H and O–H groups in total. The lowest BCUT2D eigenvalue weighted by Gasteiger charge is -2.12. The van der Waals surface area contributed by atoms with Crippen LogP contribution < -0.4 is 15.4 Å². The van der Waals surface area contributed by atoms with Crippen LogP contribution in [0.5, 0.6) is 5.75 Å². The fraction of sp³-hybridized carbons (Fsp3) is 0.160. The van der Waals surface area contributed by atoms with Crippen molar-refractivity contribution in [1.82, 2.24) is 0 Å². The Morgan fingerprint density at radius 3 is 2.15 bits per heavy atom. The third kappa shape index (κ3) is 6.64. The minimum Gasteiger partial charge on any atom is -0.483 e. The van der Waals surface area contributed by atoms with Gasteiger partial charge in [0.15, 0.2) is 13.2 Å². The van der Waals surface area contributed by atoms with Crippen LogP contribution in [-0.2, 0) is 20.7 Å². The highest BCUT2D eigenvalue weighted by molar-refractivity contribution is 5.97. The van der Waals surface area contributed by atoms with E-state index in [1.807, 2.05) is 19.1 Å². The molecule has 0 heterocycles. The molecule has 3 aromatic rings. The molecule has 0 radical (unpaired) electrons. The first-order chi connectivity index (χ1) is 16.0. The number of nitrogens with one attached hydrogen (secondary N) is 2. The van der Waals surface area contributed by atoms with E-state index in [1.165, 1.54) is 30.3 Å². The van der Waals surface area contributed by atoms with Crippen LogP contribution in [0.1, 0.15) is 22.8 Å². The molecule has 0 aliphatic heterocycles. The highest BCUT2D eigenvalue weighted by atomic mass is 19.1. The predicted molar refractivity (Wildman–Crippen MR) is 122 cm³/mol. The number of halogens is 1. The molecule has 0 aliphatic rings. The molecule has 0 aliphatic carbocycles. The Balaban J connectivity index is 1.55. The monoisotopic (exact) mass is 450 g/mol. The van der Waals surface area contributed by atoms with Gasteiger partial charge in [-0.3, -0.25) is 9.59 Å². The largest absolute Gasteiger partial charge is 0.483 e. The molecule has 170 valence electrons. The van der Waals surface area contributed by atoms with Gasteiger partial charge in [-0.1, -0.05) is 49.4 Å². The maximum atomic E-state index is 13.7. The van der Waals surface area contributed by atoms with E-state index < -0.39 is 36.8 Å². The van der Waals surface area contributed by atoms with Crippen molar-refractivity contribution in [2.45, 2.75) is 13.3 Å². The third-order valence-corrected chi connectivity index (χ3v) is 4.62. The minimum absolute atomic E-state index is 0.0226. The van der Waals surface area contributed by atoms with Crippen molar-refractivity contribution in [3.63, 3.8) is 0 Å². The van der Waals surface area contributed by atoms with Crippen LogP contribution >= 0.6 is 0 Å². The van der Waals surface area contributed by atoms with E-state index in [1.54, 1.807) is 30.3 Å². The molecule has 0 bridgehead atoms. The number of aryl methyl sites for hydroxylation is 1. The summed E-state index contributed by atoms with van der Waals surface area (Å²) >= 11 is 0. The predicted octanol–water partition coefficient (Wildman–Crippen LogP) is 4.20. The van der Waals surface area contributed by atoms with Crippen molar-refractivity contribution in [3.05, 3.63) is 89.7 Å². The average molecular weight is 450 g/mol. The second-order valence-corrected chi connectivity index (χ2v) is 6.95. The summed E-state index contributed by atoms with van der Waals surface area (Å²) in [5.74, 6) is -2.33. The number of hydrogen-bond donors (Lipinski definition) is 2. The Kier molecular flexibility index (Phi) is 8.13. The van der Waals surface area contributed by atoms with E-state index in [0.717, 1.165) is 12.0 Å². The molecular weight excluding hydrogens is 427 g/mol. The fourth-order valence-electron chi connectivity index (χ4n) is 3.00. The average Bonchev–Trinajstić information content (AvgIpc) is 2.83. The molecule has 8 heteroatoms. The summed E-state index contributed by atoms with van der Waals surface area (Å²) in [7, 11) is 0. The first-order valence-corrected chi connectivity index (χ1v) is 10.3. The van der Waals surface area contributed by atoms with Crippen LogP contribution in [0.2, 0.25) is 0 Å². The molecule has 7 nitrogen and oxygen atoms in total. The second kappa shape index (κ2) is 11.4. The SMILES string of the molecule is CCc1ccccc1NC(=O)COC(=O)c1ccccc1OCC(=O)Nc1ccccc1F. The minimum atomic E-state index is -0.779. The molecule has 0 saturated heterocycles. The number of hydrogen-bond acceptors (Lipinski definition) is 5. The number of amides is 2. The maximum Gasteiger partial charge on any atom is 0.342 e. The second-order valence-electron chi connectivity index (χ2n) is 6.95. The number of esters is 1. The van der Waals surface area contributed by atoms with Gasteiger partial charge in [0, 0.05) is 5.69 Å². The third-order valence-electron chi connectivity index (χ3n) is 4.62. The first-order valence-electron chi connectivity index (χ1n) is 10.3. The smallest absolute Gasteiger partial charge is 0.342 e. The number of para-hydroxylation sites is 3. The van der Waals surface area contributed by atoms with Crippen molar-refractivity contribution in [3.8, 4) is 5.75 Å². The van der Waals surface area contributed by atoms with E-state index in [4.69, 9.17) is 9.47 Å². The van der Waals surface area contributed by atoms with E-state index in [2.05, 4.69) is 10.6 Å². The summed E-state index contributed by atoms with van der Waals surface area (Å²) in [5, 5.41) is 5.11. The molecule has 0 unspecified atom stereocenters. The van der Waals surface area contributed by atoms with Crippen molar-refractivity contribution in [2.24, 2.45) is 0 Å². The van der Waals surface area contributed by atoms with Gasteiger partial charge in [-0.25, -0.2) is 9.18 Å². The standard InChI is InChI=1S/C25H23FN2O5/c1-2-17-9-3-6-12-20(17)27-24(30)16-33-25(31)18-10-4-8-14-22(18)32-15-23(29)28-21-13-7-5-11-19(21)26/h3-14H,2,15-16H2,1H3,(H,27,30)(H,28,29). The number of carbonyl (C=O) groups is 3. The van der Waals surface area contributed by atoms with Crippen LogP contribution in [0.25, 0.3) is 0 Å². The van der Waals surface area contributed by atoms with Crippen LogP contribution in [0.4, 0.5) is 15.8 Å². The summed E-state index contributed by atoms with van der Waals surface area (Å²) in [6.45, 7) is 1.03. The quantitative estimate of drug-likeness (QED) is 0.477. The van der Waals surface area contributed by atoms with Gasteiger partial charge in [-0.05, 0) is 42.3 Å². The summed E-state index contributed by atoms with van der Waals surface area (Å²) in [6.07, 6.45) is 0.742. The highest BCUT2D eigenvalue weighted by Gasteiger charge is 2.17. The lowest BCUT2D eigenvalue weighted by molar-refractivity contribution is -0.119. The van der Waals surface area contributed by atoms with Crippen LogP contribution in [0.3, 0.4) is 0 Å². The Morgan fingerprint density at radius 2 is 1.39 bits per heavy atom. The van der Waals surface area contributed by atoms with E-state index in [0.29, 0.717) is 5.69 Å². The number of rotatable bonds is 9. The lowest BCUT2D eigenvalue weighted by atomic mass is 10.1. The van der Waals surface area contributed by atoms with Crippen molar-refractivity contribution < 1.29 is 28.2 Å². The van der Waals surface area contributed by atoms with Gasteiger partial charge < -0.3 is 20.1 Å². The molecule has 3 aromatic carbocycles. The van der Waals surface area contributed by atoms with Crippen molar-refractivity contribution in [1.29, 1.82) is 0 Å². The Hall–Kier alpha value is -4.20. The molecule has 0 spiro atoms. The molecule has 2 amide bonds. The van der Waals surface area contributed by atoms with Gasteiger partial charge in [-0.2, -0.15) is 0 Å². The first kappa shape index (κ1) is 23.5. The zero-order valence-corrected chi connectivity index (χ0v) is 18.0. The van der Waals surface area contributed by atoms with Crippen LogP contribution in [0.15, 0.2) is 72.8 Å². The van der Waals surface area contributed by atoms with Crippen LogP contribution in [-0.4, -0.2) is 31.0 Å². The topological polar surface area (TPSA) is 93.7 Å². The van der Waals surface area contributed by atoms with Gasteiger partial charge in [0.05, 0.1) is 5.69 Å². The molecule has 0 saturated carbocycles.